The molecular weight excluding hydrogens is 244 g/mol. The molecule has 100 valence electrons. The average Bonchev–Trinajstić information content (AvgIpc) is 2.26. The Morgan fingerprint density at radius 3 is 1.68 bits per heavy atom. The third-order valence-corrected chi connectivity index (χ3v) is 3.28. The standard InChI is InChI=1S/C16H17F2N/c1-10-4-11(2)6-12(5-10)16(3,19)13-7-14(17)9-15(18)8-13/h4-9H,19H2,1-3H3. The summed E-state index contributed by atoms with van der Waals surface area (Å²) in [4.78, 5) is 0. The maximum atomic E-state index is 13.3. The van der Waals surface area contributed by atoms with E-state index in [0.29, 0.717) is 5.56 Å². The smallest absolute Gasteiger partial charge is 0.126 e. The molecule has 1 nitrogen and oxygen atoms in total. The Hall–Kier alpha value is -1.74. The maximum Gasteiger partial charge on any atom is 0.126 e. The summed E-state index contributed by atoms with van der Waals surface area (Å²) in [5, 5.41) is 0. The first-order valence-corrected chi connectivity index (χ1v) is 6.13. The van der Waals surface area contributed by atoms with Crippen LogP contribution in [0.5, 0.6) is 0 Å². The van der Waals surface area contributed by atoms with E-state index in [9.17, 15) is 8.78 Å². The fourth-order valence-electron chi connectivity index (χ4n) is 2.29. The van der Waals surface area contributed by atoms with E-state index in [1.165, 1.54) is 12.1 Å². The van der Waals surface area contributed by atoms with E-state index in [-0.39, 0.29) is 0 Å². The maximum absolute atomic E-state index is 13.3. The molecule has 0 saturated carbocycles. The van der Waals surface area contributed by atoms with E-state index >= 15 is 0 Å². The van der Waals surface area contributed by atoms with Crippen molar-refractivity contribution < 1.29 is 8.78 Å². The summed E-state index contributed by atoms with van der Waals surface area (Å²) in [6, 6.07) is 9.32. The first-order chi connectivity index (χ1) is 8.79. The van der Waals surface area contributed by atoms with Gasteiger partial charge in [0.25, 0.3) is 0 Å². The van der Waals surface area contributed by atoms with Gasteiger partial charge in [0.15, 0.2) is 0 Å². The molecule has 0 bridgehead atoms. The monoisotopic (exact) mass is 261 g/mol. The summed E-state index contributed by atoms with van der Waals surface area (Å²) in [7, 11) is 0. The van der Waals surface area contributed by atoms with Crippen molar-refractivity contribution in [1.82, 2.24) is 0 Å². The van der Waals surface area contributed by atoms with E-state index < -0.39 is 17.2 Å². The second-order valence-electron chi connectivity index (χ2n) is 5.24. The molecule has 0 aliphatic rings. The van der Waals surface area contributed by atoms with Crippen molar-refractivity contribution in [2.45, 2.75) is 26.3 Å². The Balaban J connectivity index is 2.57. The summed E-state index contributed by atoms with van der Waals surface area (Å²) in [5.41, 5.74) is 8.78. The van der Waals surface area contributed by atoms with Crippen molar-refractivity contribution in [3.63, 3.8) is 0 Å². The van der Waals surface area contributed by atoms with Crippen LogP contribution in [0.15, 0.2) is 36.4 Å². The molecule has 2 aromatic rings. The molecule has 0 aromatic heterocycles. The van der Waals surface area contributed by atoms with Gasteiger partial charge in [0, 0.05) is 6.07 Å². The van der Waals surface area contributed by atoms with Gasteiger partial charge in [-0.1, -0.05) is 29.3 Å². The summed E-state index contributed by atoms with van der Waals surface area (Å²) >= 11 is 0. The van der Waals surface area contributed by atoms with Crippen molar-refractivity contribution in [3.05, 3.63) is 70.3 Å². The highest BCUT2D eigenvalue weighted by Crippen LogP contribution is 2.29. The van der Waals surface area contributed by atoms with Crippen LogP contribution < -0.4 is 5.73 Å². The van der Waals surface area contributed by atoms with Crippen molar-refractivity contribution in [1.29, 1.82) is 0 Å². The van der Waals surface area contributed by atoms with Crippen molar-refractivity contribution in [3.8, 4) is 0 Å². The molecule has 0 fully saturated rings. The lowest BCUT2D eigenvalue weighted by Crippen LogP contribution is -2.34. The van der Waals surface area contributed by atoms with E-state index in [1.54, 1.807) is 6.92 Å². The first-order valence-electron chi connectivity index (χ1n) is 6.13. The second-order valence-corrected chi connectivity index (χ2v) is 5.24. The number of aryl methyl sites for hydroxylation is 2. The molecule has 19 heavy (non-hydrogen) atoms. The van der Waals surface area contributed by atoms with E-state index in [1.807, 2.05) is 32.0 Å². The second kappa shape index (κ2) is 4.74. The van der Waals surface area contributed by atoms with Gasteiger partial charge in [-0.25, -0.2) is 8.78 Å². The minimum Gasteiger partial charge on any atom is -0.318 e. The topological polar surface area (TPSA) is 26.0 Å². The van der Waals surface area contributed by atoms with Crippen LogP contribution in [0, 0.1) is 25.5 Å². The Bertz CT molecular complexity index is 524. The van der Waals surface area contributed by atoms with Gasteiger partial charge in [-0.15, -0.1) is 0 Å². The molecule has 0 spiro atoms. The summed E-state index contributed by atoms with van der Waals surface area (Å²) in [6.07, 6.45) is 0. The van der Waals surface area contributed by atoms with E-state index in [4.69, 9.17) is 5.73 Å². The Kier molecular flexibility index (Phi) is 3.42. The van der Waals surface area contributed by atoms with E-state index in [2.05, 4.69) is 0 Å². The number of rotatable bonds is 2. The third kappa shape index (κ3) is 2.82. The molecule has 3 heteroatoms. The zero-order chi connectivity index (χ0) is 14.2. The summed E-state index contributed by atoms with van der Waals surface area (Å²) in [5.74, 6) is -1.23. The number of nitrogens with two attached hydrogens (primary N) is 1. The van der Waals surface area contributed by atoms with Gasteiger partial charge in [-0.05, 0) is 44.0 Å². The average molecular weight is 261 g/mol. The van der Waals surface area contributed by atoms with Crippen LogP contribution in [0.1, 0.15) is 29.2 Å². The lowest BCUT2D eigenvalue weighted by Gasteiger charge is -2.27. The molecule has 2 aromatic carbocycles. The number of hydrogen-bond donors (Lipinski definition) is 1. The van der Waals surface area contributed by atoms with Crippen LogP contribution in [-0.4, -0.2) is 0 Å². The van der Waals surface area contributed by atoms with Crippen LogP contribution in [-0.2, 0) is 5.54 Å². The Morgan fingerprint density at radius 2 is 1.21 bits per heavy atom. The van der Waals surface area contributed by atoms with Crippen molar-refractivity contribution in [2.75, 3.05) is 0 Å². The van der Waals surface area contributed by atoms with Crippen LogP contribution in [0.2, 0.25) is 0 Å². The highest BCUT2D eigenvalue weighted by molar-refractivity contribution is 5.41. The predicted molar refractivity (Wildman–Crippen MR) is 72.9 cm³/mol. The lowest BCUT2D eigenvalue weighted by molar-refractivity contribution is 0.550. The summed E-state index contributed by atoms with van der Waals surface area (Å²) < 4.78 is 26.7. The van der Waals surface area contributed by atoms with E-state index in [0.717, 1.165) is 22.8 Å². The molecule has 0 heterocycles. The van der Waals surface area contributed by atoms with Gasteiger partial charge in [-0.3, -0.25) is 0 Å². The molecule has 1 unspecified atom stereocenters. The molecule has 2 N–H and O–H groups in total. The predicted octanol–water partition coefficient (Wildman–Crippen LogP) is 3.80. The minimum atomic E-state index is -0.931. The zero-order valence-electron chi connectivity index (χ0n) is 11.3. The van der Waals surface area contributed by atoms with Gasteiger partial charge >= 0.3 is 0 Å². The fraction of sp³-hybridized carbons (Fsp3) is 0.250. The van der Waals surface area contributed by atoms with Crippen LogP contribution in [0.4, 0.5) is 8.78 Å². The molecule has 0 aliphatic heterocycles. The molecule has 0 saturated heterocycles. The molecular formula is C16H17F2N. The summed E-state index contributed by atoms with van der Waals surface area (Å²) in [6.45, 7) is 5.70. The molecule has 0 aliphatic carbocycles. The number of benzene rings is 2. The molecule has 0 radical (unpaired) electrons. The van der Waals surface area contributed by atoms with Crippen molar-refractivity contribution >= 4 is 0 Å². The minimum absolute atomic E-state index is 0.426. The SMILES string of the molecule is Cc1cc(C)cc(C(C)(N)c2cc(F)cc(F)c2)c1. The molecule has 0 amide bonds. The quantitative estimate of drug-likeness (QED) is 0.874. The Morgan fingerprint density at radius 1 is 0.789 bits per heavy atom. The normalized spacial score (nSPS) is 14.2. The fourth-order valence-corrected chi connectivity index (χ4v) is 2.29. The molecule has 2 rings (SSSR count). The van der Waals surface area contributed by atoms with Gasteiger partial charge in [0.1, 0.15) is 11.6 Å². The zero-order valence-corrected chi connectivity index (χ0v) is 11.3. The van der Waals surface area contributed by atoms with Crippen LogP contribution in [0.3, 0.4) is 0 Å². The number of halogens is 2. The lowest BCUT2D eigenvalue weighted by atomic mass is 9.84. The van der Waals surface area contributed by atoms with Crippen LogP contribution >= 0.6 is 0 Å². The number of hydrogen-bond acceptors (Lipinski definition) is 1. The Labute approximate surface area is 112 Å². The van der Waals surface area contributed by atoms with Crippen molar-refractivity contribution in [2.24, 2.45) is 5.73 Å². The highest BCUT2D eigenvalue weighted by atomic mass is 19.1. The molecule has 1 atom stereocenters. The largest absolute Gasteiger partial charge is 0.318 e. The van der Waals surface area contributed by atoms with Gasteiger partial charge < -0.3 is 5.73 Å². The highest BCUT2D eigenvalue weighted by Gasteiger charge is 2.25. The van der Waals surface area contributed by atoms with Crippen LogP contribution in [0.25, 0.3) is 0 Å². The van der Waals surface area contributed by atoms with Gasteiger partial charge in [0.2, 0.25) is 0 Å². The first kappa shape index (κ1) is 13.7. The van der Waals surface area contributed by atoms with Gasteiger partial charge in [0.05, 0.1) is 5.54 Å². The third-order valence-electron chi connectivity index (χ3n) is 3.28. The van der Waals surface area contributed by atoms with Gasteiger partial charge in [-0.2, -0.15) is 0 Å².